The van der Waals surface area contributed by atoms with Crippen LogP contribution in [0.15, 0.2) is 78.9 Å². The Bertz CT molecular complexity index is 1460. The molecule has 0 aromatic heterocycles. The molecular formula is C33H42ClN3O5S. The molecule has 0 saturated heterocycles. The van der Waals surface area contributed by atoms with Crippen molar-refractivity contribution in [2.45, 2.75) is 65.1 Å². The van der Waals surface area contributed by atoms with Crippen molar-refractivity contribution in [2.75, 3.05) is 23.7 Å². The molecule has 0 aliphatic heterocycles. The average molecular weight is 628 g/mol. The zero-order chi connectivity index (χ0) is 31.6. The molecule has 3 aromatic rings. The summed E-state index contributed by atoms with van der Waals surface area (Å²) in [6, 6.07) is 22.9. The highest BCUT2D eigenvalue weighted by Crippen LogP contribution is 2.30. The first kappa shape index (κ1) is 33.9. The Labute approximate surface area is 261 Å². The third-order valence-electron chi connectivity index (χ3n) is 6.62. The van der Waals surface area contributed by atoms with Gasteiger partial charge in [0.1, 0.15) is 11.8 Å². The fourth-order valence-corrected chi connectivity index (χ4v) is 5.81. The van der Waals surface area contributed by atoms with Crippen LogP contribution in [0, 0.1) is 0 Å². The topological polar surface area (TPSA) is 96.0 Å². The van der Waals surface area contributed by atoms with E-state index < -0.39 is 21.6 Å². The molecule has 43 heavy (non-hydrogen) atoms. The van der Waals surface area contributed by atoms with Crippen molar-refractivity contribution in [1.82, 2.24) is 10.2 Å². The molecule has 3 aromatic carbocycles. The highest BCUT2D eigenvalue weighted by Gasteiger charge is 2.32. The number of nitrogens with zero attached hydrogens (tertiary/aromatic N) is 2. The first-order valence-corrected chi connectivity index (χ1v) is 16.6. The summed E-state index contributed by atoms with van der Waals surface area (Å²) in [6.07, 6.45) is 1.73. The van der Waals surface area contributed by atoms with Gasteiger partial charge in [0, 0.05) is 36.5 Å². The number of para-hydroxylation sites is 2. The maximum Gasteiger partial charge on any atom is 0.243 e. The smallest absolute Gasteiger partial charge is 0.243 e. The summed E-state index contributed by atoms with van der Waals surface area (Å²) >= 11 is 6.11. The first-order valence-electron chi connectivity index (χ1n) is 14.4. The van der Waals surface area contributed by atoms with Gasteiger partial charge >= 0.3 is 0 Å². The maximum absolute atomic E-state index is 14.0. The number of ether oxygens (including phenoxy) is 1. The van der Waals surface area contributed by atoms with E-state index in [2.05, 4.69) is 5.32 Å². The van der Waals surface area contributed by atoms with Gasteiger partial charge in [0.05, 0.1) is 18.6 Å². The number of sulfonamides is 1. The van der Waals surface area contributed by atoms with E-state index in [-0.39, 0.29) is 37.7 Å². The minimum atomic E-state index is -3.67. The van der Waals surface area contributed by atoms with Crippen LogP contribution in [0.4, 0.5) is 5.69 Å². The summed E-state index contributed by atoms with van der Waals surface area (Å²) in [7, 11) is -3.67. The average Bonchev–Trinajstić information content (AvgIpc) is 2.93. The van der Waals surface area contributed by atoms with Crippen LogP contribution < -0.4 is 14.4 Å². The Kier molecular flexibility index (Phi) is 12.0. The zero-order valence-electron chi connectivity index (χ0n) is 25.5. The summed E-state index contributed by atoms with van der Waals surface area (Å²) in [5, 5.41) is 3.62. The van der Waals surface area contributed by atoms with Gasteiger partial charge in [0.2, 0.25) is 21.8 Å². The van der Waals surface area contributed by atoms with Gasteiger partial charge in [-0.3, -0.25) is 13.9 Å². The molecule has 0 radical (unpaired) electrons. The molecule has 10 heteroatoms. The summed E-state index contributed by atoms with van der Waals surface area (Å²) < 4.78 is 32.6. The summed E-state index contributed by atoms with van der Waals surface area (Å²) in [6.45, 7) is 8.17. The van der Waals surface area contributed by atoms with Crippen molar-refractivity contribution in [3.63, 3.8) is 0 Å². The largest absolute Gasteiger partial charge is 0.492 e. The molecule has 232 valence electrons. The predicted molar refractivity (Wildman–Crippen MR) is 173 cm³/mol. The van der Waals surface area contributed by atoms with Gasteiger partial charge in [-0.2, -0.15) is 0 Å². The Balaban J connectivity index is 1.91. The van der Waals surface area contributed by atoms with Crippen LogP contribution in [-0.2, 0) is 32.6 Å². The molecule has 0 aliphatic carbocycles. The fraction of sp³-hybridized carbons (Fsp3) is 0.394. The van der Waals surface area contributed by atoms with Gasteiger partial charge in [0.15, 0.2) is 0 Å². The number of carbonyl (C=O) groups is 2. The number of anilines is 1. The van der Waals surface area contributed by atoms with E-state index in [1.807, 2.05) is 70.2 Å². The number of amides is 2. The van der Waals surface area contributed by atoms with Gasteiger partial charge in [0.25, 0.3) is 0 Å². The molecule has 3 rings (SSSR count). The van der Waals surface area contributed by atoms with Crippen LogP contribution in [0.3, 0.4) is 0 Å². The van der Waals surface area contributed by atoms with Gasteiger partial charge < -0.3 is 15.0 Å². The van der Waals surface area contributed by atoms with Gasteiger partial charge in [-0.05, 0) is 69.5 Å². The lowest BCUT2D eigenvalue weighted by Gasteiger charge is -2.34. The van der Waals surface area contributed by atoms with Crippen LogP contribution in [0.2, 0.25) is 5.02 Å². The molecule has 0 spiro atoms. The van der Waals surface area contributed by atoms with E-state index in [9.17, 15) is 18.0 Å². The SMILES string of the molecule is CCOc1ccccc1N(CCCC(=O)N(Cc1ccc(Cl)cc1)[C@H](Cc1ccccc1)C(=O)NC(C)(C)C)S(C)(=O)=O. The molecule has 0 heterocycles. The van der Waals surface area contributed by atoms with E-state index in [1.165, 1.54) is 4.31 Å². The zero-order valence-corrected chi connectivity index (χ0v) is 27.1. The number of halogens is 1. The van der Waals surface area contributed by atoms with Crippen molar-refractivity contribution >= 4 is 39.1 Å². The molecule has 0 fully saturated rings. The standard InChI is InChI=1S/C33H42ClN3O5S/c1-6-42-30-16-11-10-15-28(30)37(43(5,40)41)22-12-17-31(38)36(24-26-18-20-27(34)21-19-26)29(32(39)35-33(2,3)4)23-25-13-8-7-9-14-25/h7-11,13-16,18-21,29H,6,12,17,22-24H2,1-5H3,(H,35,39)/t29-/m1/s1. The van der Waals surface area contributed by atoms with Crippen LogP contribution in [0.1, 0.15) is 51.7 Å². The normalized spacial score (nSPS) is 12.3. The Morgan fingerprint density at radius 1 is 0.930 bits per heavy atom. The van der Waals surface area contributed by atoms with Crippen molar-refractivity contribution < 1.29 is 22.7 Å². The molecule has 0 aliphatic rings. The Morgan fingerprint density at radius 3 is 2.16 bits per heavy atom. The molecule has 0 unspecified atom stereocenters. The highest BCUT2D eigenvalue weighted by atomic mass is 35.5. The summed E-state index contributed by atoms with van der Waals surface area (Å²) in [4.78, 5) is 29.3. The minimum absolute atomic E-state index is 0.0322. The lowest BCUT2D eigenvalue weighted by molar-refractivity contribution is -0.142. The second-order valence-electron chi connectivity index (χ2n) is 11.4. The van der Waals surface area contributed by atoms with Crippen molar-refractivity contribution in [3.8, 4) is 5.75 Å². The van der Waals surface area contributed by atoms with E-state index in [1.54, 1.807) is 41.3 Å². The van der Waals surface area contributed by atoms with Crippen LogP contribution in [0.5, 0.6) is 5.75 Å². The lowest BCUT2D eigenvalue weighted by Crippen LogP contribution is -2.54. The predicted octanol–water partition coefficient (Wildman–Crippen LogP) is 5.84. The van der Waals surface area contributed by atoms with E-state index in [4.69, 9.17) is 16.3 Å². The van der Waals surface area contributed by atoms with Crippen LogP contribution in [-0.4, -0.2) is 56.1 Å². The van der Waals surface area contributed by atoms with Gasteiger partial charge in [-0.15, -0.1) is 0 Å². The Morgan fingerprint density at radius 2 is 1.56 bits per heavy atom. The third kappa shape index (κ3) is 10.6. The molecule has 1 N–H and O–H groups in total. The van der Waals surface area contributed by atoms with E-state index in [0.717, 1.165) is 17.4 Å². The second kappa shape index (κ2) is 15.3. The van der Waals surface area contributed by atoms with Gasteiger partial charge in [-0.25, -0.2) is 8.42 Å². The molecule has 8 nitrogen and oxygen atoms in total. The highest BCUT2D eigenvalue weighted by molar-refractivity contribution is 7.92. The number of hydrogen-bond acceptors (Lipinski definition) is 5. The molecular weight excluding hydrogens is 586 g/mol. The quantitative estimate of drug-likeness (QED) is 0.242. The molecule has 0 bridgehead atoms. The van der Waals surface area contributed by atoms with Gasteiger partial charge in [-0.1, -0.05) is 66.2 Å². The summed E-state index contributed by atoms with van der Waals surface area (Å²) in [5.74, 6) is -0.0681. The number of hydrogen-bond donors (Lipinski definition) is 1. The third-order valence-corrected chi connectivity index (χ3v) is 8.05. The van der Waals surface area contributed by atoms with E-state index in [0.29, 0.717) is 29.5 Å². The summed E-state index contributed by atoms with van der Waals surface area (Å²) in [5.41, 5.74) is 1.65. The number of benzene rings is 3. The van der Waals surface area contributed by atoms with Crippen LogP contribution in [0.25, 0.3) is 0 Å². The van der Waals surface area contributed by atoms with Crippen molar-refractivity contribution in [3.05, 3.63) is 95.0 Å². The maximum atomic E-state index is 14.0. The lowest BCUT2D eigenvalue weighted by atomic mass is 10.00. The molecule has 2 amide bonds. The first-order chi connectivity index (χ1) is 20.3. The molecule has 0 saturated carbocycles. The monoisotopic (exact) mass is 627 g/mol. The Hall–Kier alpha value is -3.56. The van der Waals surface area contributed by atoms with Crippen molar-refractivity contribution in [1.29, 1.82) is 0 Å². The van der Waals surface area contributed by atoms with Crippen molar-refractivity contribution in [2.24, 2.45) is 0 Å². The van der Waals surface area contributed by atoms with Crippen LogP contribution >= 0.6 is 11.6 Å². The number of carbonyl (C=O) groups excluding carboxylic acids is 2. The molecule has 1 atom stereocenters. The minimum Gasteiger partial charge on any atom is -0.492 e. The fourth-order valence-electron chi connectivity index (χ4n) is 4.72. The van der Waals surface area contributed by atoms with E-state index >= 15 is 0 Å². The second-order valence-corrected chi connectivity index (χ2v) is 13.8. The number of rotatable bonds is 14. The number of nitrogens with one attached hydrogen (secondary N) is 1.